The first-order valence-electron chi connectivity index (χ1n) is 8.08. The lowest BCUT2D eigenvalue weighted by atomic mass is 10.1. The molecule has 0 spiro atoms. The average Bonchev–Trinajstić information content (AvgIpc) is 2.61. The number of alkyl halides is 2. The summed E-state index contributed by atoms with van der Waals surface area (Å²) in [6.45, 7) is 2.73. The second-order valence-electron chi connectivity index (χ2n) is 5.27. The van der Waals surface area contributed by atoms with Gasteiger partial charge in [-0.25, -0.2) is 0 Å². The van der Waals surface area contributed by atoms with Crippen LogP contribution >= 0.6 is 7.60 Å². The Morgan fingerprint density at radius 3 is 1.92 bits per heavy atom. The molecule has 1 atom stereocenters. The number of rotatable bonds is 9. The molecule has 0 saturated carbocycles. The maximum Gasteiger partial charge on any atom is 0.402 e. The molecular weight excluding hydrogens is 347 g/mol. The van der Waals surface area contributed by atoms with Gasteiger partial charge in [0.2, 0.25) is 0 Å². The van der Waals surface area contributed by atoms with E-state index in [4.69, 9.17) is 9.05 Å². The zero-order valence-corrected chi connectivity index (χ0v) is 15.1. The fourth-order valence-corrected chi connectivity index (χ4v) is 4.05. The molecule has 2 aromatic rings. The van der Waals surface area contributed by atoms with Gasteiger partial charge in [0.15, 0.2) is 0 Å². The third-order valence-electron chi connectivity index (χ3n) is 3.53. The molecule has 0 amide bonds. The van der Waals surface area contributed by atoms with E-state index in [0.29, 0.717) is 5.69 Å². The molecule has 1 unspecified atom stereocenters. The summed E-state index contributed by atoms with van der Waals surface area (Å²) >= 11 is 0. The molecule has 1 N–H and O–H groups in total. The molecule has 0 aliphatic heterocycles. The normalized spacial score (nSPS) is 13.4. The van der Waals surface area contributed by atoms with Crippen molar-refractivity contribution in [2.45, 2.75) is 25.6 Å². The van der Waals surface area contributed by atoms with E-state index in [1.165, 1.54) is 13.8 Å². The van der Waals surface area contributed by atoms with Crippen LogP contribution in [0, 0.1) is 0 Å². The number of para-hydroxylation sites is 1. The highest BCUT2D eigenvalue weighted by molar-refractivity contribution is 7.55. The van der Waals surface area contributed by atoms with Crippen LogP contribution < -0.4 is 5.32 Å². The van der Waals surface area contributed by atoms with Crippen molar-refractivity contribution in [3.63, 3.8) is 0 Å². The number of halogens is 2. The Labute approximate surface area is 146 Å². The Balaban J connectivity index is 2.47. The fourth-order valence-electron chi connectivity index (χ4n) is 2.42. The van der Waals surface area contributed by atoms with Crippen LogP contribution in [-0.4, -0.2) is 18.9 Å². The van der Waals surface area contributed by atoms with Gasteiger partial charge in [0.25, 0.3) is 0 Å². The lowest BCUT2D eigenvalue weighted by Gasteiger charge is -2.33. The SMILES string of the molecule is CCOP(=O)(OCC)C(F)(F)C(Nc1ccccc1)c1ccccc1. The van der Waals surface area contributed by atoms with Gasteiger partial charge in [-0.3, -0.25) is 4.57 Å². The summed E-state index contributed by atoms with van der Waals surface area (Å²) in [4.78, 5) is 0. The largest absolute Gasteiger partial charge is 0.402 e. The summed E-state index contributed by atoms with van der Waals surface area (Å²) in [5.41, 5.74) is -3.00. The van der Waals surface area contributed by atoms with Crippen LogP contribution in [0.5, 0.6) is 0 Å². The average molecular weight is 369 g/mol. The van der Waals surface area contributed by atoms with Crippen LogP contribution in [0.1, 0.15) is 25.5 Å². The van der Waals surface area contributed by atoms with E-state index in [0.717, 1.165) is 0 Å². The smallest absolute Gasteiger partial charge is 0.372 e. The molecule has 0 fully saturated rings. The Morgan fingerprint density at radius 2 is 1.44 bits per heavy atom. The summed E-state index contributed by atoms with van der Waals surface area (Å²) in [6, 6.07) is 15.1. The molecule has 7 heteroatoms. The van der Waals surface area contributed by atoms with Crippen molar-refractivity contribution in [2.75, 3.05) is 18.5 Å². The van der Waals surface area contributed by atoms with Gasteiger partial charge in [0.05, 0.1) is 13.2 Å². The maximum absolute atomic E-state index is 15.3. The van der Waals surface area contributed by atoms with Gasteiger partial charge < -0.3 is 14.4 Å². The standard InChI is InChI=1S/C18H22F2NO3P/c1-3-23-25(22,24-4-2)18(19,20)17(15-11-7-5-8-12-15)21-16-13-9-6-10-14-16/h5-14,17,21H,3-4H2,1-2H3. The quantitative estimate of drug-likeness (QED) is 0.576. The van der Waals surface area contributed by atoms with Gasteiger partial charge in [-0.1, -0.05) is 48.5 Å². The zero-order valence-electron chi connectivity index (χ0n) is 14.2. The zero-order chi connectivity index (χ0) is 18.3. The molecule has 0 bridgehead atoms. The number of hydrogen-bond donors (Lipinski definition) is 1. The number of nitrogens with one attached hydrogen (secondary N) is 1. The van der Waals surface area contributed by atoms with Crippen LogP contribution in [0.3, 0.4) is 0 Å². The van der Waals surface area contributed by atoms with Crippen molar-refractivity contribution in [2.24, 2.45) is 0 Å². The first-order valence-corrected chi connectivity index (χ1v) is 9.62. The van der Waals surface area contributed by atoms with E-state index in [-0.39, 0.29) is 18.8 Å². The van der Waals surface area contributed by atoms with Crippen molar-refractivity contribution in [3.8, 4) is 0 Å². The van der Waals surface area contributed by atoms with Crippen molar-refractivity contribution >= 4 is 13.3 Å². The van der Waals surface area contributed by atoms with Gasteiger partial charge in [0, 0.05) is 5.69 Å². The highest BCUT2D eigenvalue weighted by Gasteiger charge is 2.59. The molecule has 0 radical (unpaired) electrons. The van der Waals surface area contributed by atoms with Gasteiger partial charge in [-0.15, -0.1) is 0 Å². The molecular formula is C18H22F2NO3P. The molecule has 0 aliphatic carbocycles. The number of hydrogen-bond acceptors (Lipinski definition) is 4. The Hall–Kier alpha value is -1.75. The third kappa shape index (κ3) is 4.46. The molecule has 0 aromatic heterocycles. The molecule has 2 rings (SSSR count). The Bertz CT molecular complexity index is 688. The number of benzene rings is 2. The molecule has 0 aliphatic rings. The van der Waals surface area contributed by atoms with Crippen LogP contribution in [0.2, 0.25) is 0 Å². The summed E-state index contributed by atoms with van der Waals surface area (Å²) < 4.78 is 53.3. The Morgan fingerprint density at radius 1 is 0.960 bits per heavy atom. The summed E-state index contributed by atoms with van der Waals surface area (Å²) in [7, 11) is -4.68. The second-order valence-corrected chi connectivity index (χ2v) is 7.38. The molecule has 25 heavy (non-hydrogen) atoms. The highest BCUT2D eigenvalue weighted by Crippen LogP contribution is 2.66. The van der Waals surface area contributed by atoms with Crippen LogP contribution in [0.25, 0.3) is 0 Å². The van der Waals surface area contributed by atoms with Crippen molar-refractivity contribution in [1.29, 1.82) is 0 Å². The van der Waals surface area contributed by atoms with Gasteiger partial charge in [-0.05, 0) is 31.5 Å². The minimum atomic E-state index is -4.68. The van der Waals surface area contributed by atoms with E-state index >= 15 is 8.78 Å². The molecule has 4 nitrogen and oxygen atoms in total. The van der Waals surface area contributed by atoms with E-state index in [9.17, 15) is 4.57 Å². The molecule has 2 aromatic carbocycles. The fraction of sp³-hybridized carbons (Fsp3) is 0.333. The monoisotopic (exact) mass is 369 g/mol. The van der Waals surface area contributed by atoms with E-state index in [1.54, 1.807) is 60.7 Å². The van der Waals surface area contributed by atoms with Crippen molar-refractivity contribution in [3.05, 3.63) is 66.2 Å². The molecule has 136 valence electrons. The maximum atomic E-state index is 15.3. The topological polar surface area (TPSA) is 47.6 Å². The van der Waals surface area contributed by atoms with E-state index < -0.39 is 19.3 Å². The van der Waals surface area contributed by atoms with Gasteiger partial charge >= 0.3 is 13.3 Å². The van der Waals surface area contributed by atoms with Crippen LogP contribution in [-0.2, 0) is 13.6 Å². The first kappa shape index (κ1) is 19.6. The van der Waals surface area contributed by atoms with Crippen molar-refractivity contribution in [1.82, 2.24) is 0 Å². The number of anilines is 1. The summed E-state index contributed by atoms with van der Waals surface area (Å²) in [6.07, 6.45) is 0. The van der Waals surface area contributed by atoms with Crippen LogP contribution in [0.4, 0.5) is 14.5 Å². The van der Waals surface area contributed by atoms with Crippen LogP contribution in [0.15, 0.2) is 60.7 Å². The summed E-state index contributed by atoms with van der Waals surface area (Å²) in [5.74, 6) is 0. The lowest BCUT2D eigenvalue weighted by Crippen LogP contribution is -2.34. The molecule has 0 heterocycles. The minimum Gasteiger partial charge on any atom is -0.372 e. The van der Waals surface area contributed by atoms with Gasteiger partial charge in [0.1, 0.15) is 6.04 Å². The molecule has 0 saturated heterocycles. The lowest BCUT2D eigenvalue weighted by molar-refractivity contribution is 0.0218. The second kappa shape index (κ2) is 8.56. The van der Waals surface area contributed by atoms with Gasteiger partial charge in [-0.2, -0.15) is 8.78 Å². The summed E-state index contributed by atoms with van der Waals surface area (Å²) in [5, 5.41) is 2.78. The van der Waals surface area contributed by atoms with Crippen molar-refractivity contribution < 1.29 is 22.4 Å². The first-order chi connectivity index (χ1) is 11.9. The Kier molecular flexibility index (Phi) is 6.71. The third-order valence-corrected chi connectivity index (χ3v) is 5.71. The highest BCUT2D eigenvalue weighted by atomic mass is 31.2. The predicted octanol–water partition coefficient (Wildman–Crippen LogP) is 5.70. The van der Waals surface area contributed by atoms with E-state index in [2.05, 4.69) is 5.32 Å². The van der Waals surface area contributed by atoms with E-state index in [1.807, 2.05) is 0 Å². The minimum absolute atomic E-state index is 0.139. The predicted molar refractivity (Wildman–Crippen MR) is 95.1 cm³/mol.